The second kappa shape index (κ2) is 63.9. The third-order valence-electron chi connectivity index (χ3n) is 15.9. The van der Waals surface area contributed by atoms with Crippen LogP contribution in [0.3, 0.4) is 0 Å². The maximum atomic E-state index is 13.0. The monoisotopic (exact) mass is 1320 g/mol. The Labute approximate surface area is 548 Å². The third kappa shape index (κ3) is 64.3. The van der Waals surface area contributed by atoms with E-state index < -0.39 is 97.5 Å². The van der Waals surface area contributed by atoms with Gasteiger partial charge in [0.05, 0.1) is 26.4 Å². The van der Waals surface area contributed by atoms with Crippen molar-refractivity contribution >= 4 is 39.5 Å². The van der Waals surface area contributed by atoms with Gasteiger partial charge in [0, 0.05) is 25.7 Å². The van der Waals surface area contributed by atoms with E-state index >= 15 is 0 Å². The molecule has 0 radical (unpaired) electrons. The molecule has 0 spiro atoms. The first-order chi connectivity index (χ1) is 43.5. The van der Waals surface area contributed by atoms with Crippen LogP contribution in [-0.2, 0) is 65.4 Å². The average Bonchev–Trinajstić information content (AvgIpc) is 3.73. The number of aliphatic hydroxyl groups excluding tert-OH is 1. The van der Waals surface area contributed by atoms with E-state index in [1.54, 1.807) is 0 Å². The van der Waals surface area contributed by atoms with Crippen LogP contribution >= 0.6 is 15.6 Å². The van der Waals surface area contributed by atoms with Crippen molar-refractivity contribution in [3.8, 4) is 0 Å². The zero-order valence-corrected chi connectivity index (χ0v) is 59.5. The minimum absolute atomic E-state index is 0.0851. The molecular formula is C71H134O17P2. The molecule has 0 aromatic heterocycles. The van der Waals surface area contributed by atoms with Crippen molar-refractivity contribution in [1.29, 1.82) is 0 Å². The van der Waals surface area contributed by atoms with Crippen LogP contribution in [0, 0.1) is 5.92 Å². The Kier molecular flexibility index (Phi) is 62.2. The molecule has 3 N–H and O–H groups in total. The van der Waals surface area contributed by atoms with E-state index in [1.807, 2.05) is 0 Å². The molecule has 90 heavy (non-hydrogen) atoms. The molecule has 0 saturated carbocycles. The van der Waals surface area contributed by atoms with Crippen molar-refractivity contribution in [3.05, 3.63) is 24.3 Å². The minimum Gasteiger partial charge on any atom is -0.462 e. The summed E-state index contributed by atoms with van der Waals surface area (Å²) in [5, 5.41) is 10.6. The number of rotatable bonds is 69. The SMILES string of the molecule is CCCCCC/C=C\C=C/CCCCCCCC(=O)O[C@H](COC(=O)CCCCCCCCCCCCCC(C)C)COP(=O)(O)OC[C@@H](O)COP(=O)(O)OC[C@@H](COC(=O)CCCCCCCCCC)OC(=O)CCCCCCCCCCCCCCC. The lowest BCUT2D eigenvalue weighted by Gasteiger charge is -2.21. The van der Waals surface area contributed by atoms with Gasteiger partial charge in [-0.2, -0.15) is 0 Å². The average molecular weight is 1320 g/mol. The van der Waals surface area contributed by atoms with Crippen LogP contribution in [0.4, 0.5) is 0 Å². The first kappa shape index (κ1) is 87.5. The lowest BCUT2D eigenvalue weighted by atomic mass is 10.0. The van der Waals surface area contributed by atoms with E-state index in [9.17, 15) is 43.2 Å². The van der Waals surface area contributed by atoms with Gasteiger partial charge in [-0.1, -0.05) is 290 Å². The highest BCUT2D eigenvalue weighted by Gasteiger charge is 2.30. The summed E-state index contributed by atoms with van der Waals surface area (Å²) < 4.78 is 68.2. The molecule has 0 rings (SSSR count). The number of ether oxygens (including phenoxy) is 4. The summed E-state index contributed by atoms with van der Waals surface area (Å²) in [5.41, 5.74) is 0. The highest BCUT2D eigenvalue weighted by Crippen LogP contribution is 2.45. The van der Waals surface area contributed by atoms with Gasteiger partial charge in [-0.15, -0.1) is 0 Å². The molecule has 19 heteroatoms. The summed E-state index contributed by atoms with van der Waals surface area (Å²) in [6, 6.07) is 0. The van der Waals surface area contributed by atoms with E-state index in [-0.39, 0.29) is 25.7 Å². The molecule has 0 bridgehead atoms. The maximum Gasteiger partial charge on any atom is 0.472 e. The normalized spacial score (nSPS) is 14.2. The Morgan fingerprint density at radius 1 is 0.344 bits per heavy atom. The van der Waals surface area contributed by atoms with Crippen LogP contribution in [0.5, 0.6) is 0 Å². The first-order valence-corrected chi connectivity index (χ1v) is 39.4. The Bertz CT molecular complexity index is 1830. The van der Waals surface area contributed by atoms with Crippen molar-refractivity contribution in [3.63, 3.8) is 0 Å². The molecule has 17 nitrogen and oxygen atoms in total. The smallest absolute Gasteiger partial charge is 0.462 e. The van der Waals surface area contributed by atoms with Gasteiger partial charge in [0.15, 0.2) is 12.2 Å². The Morgan fingerprint density at radius 2 is 0.600 bits per heavy atom. The lowest BCUT2D eigenvalue weighted by molar-refractivity contribution is -0.161. The number of phosphoric acid groups is 2. The van der Waals surface area contributed by atoms with Crippen LogP contribution < -0.4 is 0 Å². The molecule has 0 aromatic carbocycles. The summed E-state index contributed by atoms with van der Waals surface area (Å²) in [4.78, 5) is 72.5. The number of aliphatic hydroxyl groups is 1. The van der Waals surface area contributed by atoms with E-state index in [2.05, 4.69) is 58.9 Å². The van der Waals surface area contributed by atoms with Crippen LogP contribution in [-0.4, -0.2) is 96.7 Å². The maximum absolute atomic E-state index is 13.0. The van der Waals surface area contributed by atoms with E-state index in [0.29, 0.717) is 25.7 Å². The summed E-state index contributed by atoms with van der Waals surface area (Å²) in [6.45, 7) is 7.17. The third-order valence-corrected chi connectivity index (χ3v) is 17.8. The van der Waals surface area contributed by atoms with Crippen LogP contribution in [0.15, 0.2) is 24.3 Å². The molecule has 0 amide bonds. The van der Waals surface area contributed by atoms with Crippen molar-refractivity contribution in [2.24, 2.45) is 5.92 Å². The highest BCUT2D eigenvalue weighted by atomic mass is 31.2. The molecule has 530 valence electrons. The number of allylic oxidation sites excluding steroid dienone is 4. The largest absolute Gasteiger partial charge is 0.472 e. The predicted octanol–water partition coefficient (Wildman–Crippen LogP) is 20.1. The fourth-order valence-electron chi connectivity index (χ4n) is 10.3. The summed E-state index contributed by atoms with van der Waals surface area (Å²) in [6.07, 6.45) is 53.5. The second-order valence-electron chi connectivity index (χ2n) is 25.4. The number of hydrogen-bond acceptors (Lipinski definition) is 15. The zero-order valence-electron chi connectivity index (χ0n) is 57.8. The van der Waals surface area contributed by atoms with Gasteiger partial charge in [-0.05, 0) is 57.3 Å². The van der Waals surface area contributed by atoms with Crippen molar-refractivity contribution in [1.82, 2.24) is 0 Å². The van der Waals surface area contributed by atoms with Crippen molar-refractivity contribution in [2.45, 2.75) is 361 Å². The fourth-order valence-corrected chi connectivity index (χ4v) is 11.9. The molecule has 0 aliphatic heterocycles. The van der Waals surface area contributed by atoms with Crippen LogP contribution in [0.25, 0.3) is 0 Å². The van der Waals surface area contributed by atoms with Gasteiger partial charge in [0.25, 0.3) is 0 Å². The highest BCUT2D eigenvalue weighted by molar-refractivity contribution is 7.47. The van der Waals surface area contributed by atoms with Gasteiger partial charge in [-0.3, -0.25) is 37.3 Å². The second-order valence-corrected chi connectivity index (χ2v) is 28.3. The number of carbonyl (C=O) groups excluding carboxylic acids is 4. The molecule has 0 heterocycles. The molecule has 0 saturated heterocycles. The summed E-state index contributed by atoms with van der Waals surface area (Å²) in [7, 11) is -9.91. The number of hydrogen-bond donors (Lipinski definition) is 3. The first-order valence-electron chi connectivity index (χ1n) is 36.5. The van der Waals surface area contributed by atoms with E-state index in [0.717, 1.165) is 115 Å². The summed E-state index contributed by atoms with van der Waals surface area (Å²) >= 11 is 0. The topological polar surface area (TPSA) is 237 Å². The van der Waals surface area contributed by atoms with Gasteiger partial charge in [0.2, 0.25) is 0 Å². The molecule has 5 atom stereocenters. The Balaban J connectivity index is 5.27. The van der Waals surface area contributed by atoms with Gasteiger partial charge >= 0.3 is 39.5 Å². The molecule has 2 unspecified atom stereocenters. The molecular weight excluding hydrogens is 1190 g/mol. The predicted molar refractivity (Wildman–Crippen MR) is 363 cm³/mol. The van der Waals surface area contributed by atoms with Gasteiger partial charge in [-0.25, -0.2) is 9.13 Å². The standard InChI is InChI=1S/C71H134O17P2/c1-6-9-12-15-18-21-23-25-26-28-32-37-42-47-52-57-71(76)88-67(61-82-69(74)55-50-45-40-35-33-29-30-34-38-43-48-53-64(4)5)63-86-90(79,80)84-59-65(72)58-83-89(77,78)85-62-66(60-81-68(73)54-49-44-39-20-17-14-11-8-3)87-70(75)56-51-46-41-36-31-27-24-22-19-16-13-10-7-2/h21,23,25-26,64-67,72H,6-20,22,24,27-63H2,1-5H3,(H,77,78)(H,79,80)/b23-21-,26-25-/t65-,66+,67+/m0/s1. The van der Waals surface area contributed by atoms with Crippen molar-refractivity contribution < 1.29 is 80.2 Å². The molecule has 0 fully saturated rings. The Morgan fingerprint density at radius 3 is 0.911 bits per heavy atom. The van der Waals surface area contributed by atoms with Crippen LogP contribution in [0.1, 0.15) is 343 Å². The minimum atomic E-state index is -4.96. The quantitative estimate of drug-likeness (QED) is 0.0169. The van der Waals surface area contributed by atoms with E-state index in [1.165, 1.54) is 148 Å². The van der Waals surface area contributed by atoms with Crippen LogP contribution in [0.2, 0.25) is 0 Å². The molecule has 0 aromatic rings. The summed E-state index contributed by atoms with van der Waals surface area (Å²) in [5.74, 6) is -1.38. The van der Waals surface area contributed by atoms with Gasteiger partial charge in [0.1, 0.15) is 19.3 Å². The Hall–Kier alpha value is -2.46. The molecule has 0 aliphatic carbocycles. The number of phosphoric ester groups is 2. The number of esters is 4. The lowest BCUT2D eigenvalue weighted by Crippen LogP contribution is -2.30. The fraction of sp³-hybridized carbons (Fsp3) is 0.887. The van der Waals surface area contributed by atoms with E-state index in [4.69, 9.17) is 37.0 Å². The molecule has 0 aliphatic rings. The van der Waals surface area contributed by atoms with Crippen molar-refractivity contribution in [2.75, 3.05) is 39.6 Å². The number of carbonyl (C=O) groups is 4. The zero-order chi connectivity index (χ0) is 66.3. The number of unbranched alkanes of at least 4 members (excludes halogenated alkanes) is 38. The van der Waals surface area contributed by atoms with Gasteiger partial charge < -0.3 is 33.8 Å².